The van der Waals surface area contributed by atoms with Crippen LogP contribution in [0.5, 0.6) is 5.75 Å². The SMILES string of the molecule is COc1ccc(CN(CC(=O)NCC(F)(F)F)[C@H]2CCS(=O)(=O)C2)cc1. The van der Waals surface area contributed by atoms with E-state index >= 15 is 0 Å². The minimum Gasteiger partial charge on any atom is -0.497 e. The number of amides is 1. The number of benzene rings is 1. The van der Waals surface area contributed by atoms with Crippen LogP contribution in [0, 0.1) is 0 Å². The maximum absolute atomic E-state index is 12.3. The molecule has 0 spiro atoms. The van der Waals surface area contributed by atoms with Gasteiger partial charge in [0.05, 0.1) is 25.2 Å². The smallest absolute Gasteiger partial charge is 0.405 e. The Kier molecular flexibility index (Phi) is 6.51. The van der Waals surface area contributed by atoms with E-state index in [2.05, 4.69) is 0 Å². The summed E-state index contributed by atoms with van der Waals surface area (Å²) in [6, 6.07) is 6.58. The van der Waals surface area contributed by atoms with Crippen LogP contribution in [0.25, 0.3) is 0 Å². The molecule has 10 heteroatoms. The highest BCUT2D eigenvalue weighted by atomic mass is 32.2. The lowest BCUT2D eigenvalue weighted by Gasteiger charge is -2.27. The molecule has 0 unspecified atom stereocenters. The molecule has 1 amide bonds. The van der Waals surface area contributed by atoms with Gasteiger partial charge in [-0.15, -0.1) is 0 Å². The van der Waals surface area contributed by atoms with Gasteiger partial charge in [0, 0.05) is 12.6 Å². The Morgan fingerprint density at radius 2 is 1.96 bits per heavy atom. The summed E-state index contributed by atoms with van der Waals surface area (Å²) in [7, 11) is -1.66. The Morgan fingerprint density at radius 3 is 2.46 bits per heavy atom. The molecule has 1 aromatic carbocycles. The molecular formula is C16H21F3N2O4S. The quantitative estimate of drug-likeness (QED) is 0.756. The molecule has 26 heavy (non-hydrogen) atoms. The summed E-state index contributed by atoms with van der Waals surface area (Å²) < 4.78 is 65.3. The van der Waals surface area contributed by atoms with Gasteiger partial charge in [0.15, 0.2) is 9.84 Å². The van der Waals surface area contributed by atoms with Gasteiger partial charge in [-0.1, -0.05) is 12.1 Å². The van der Waals surface area contributed by atoms with Crippen molar-refractivity contribution >= 4 is 15.7 Å². The second kappa shape index (κ2) is 8.26. The molecule has 0 aliphatic carbocycles. The Balaban J connectivity index is 2.07. The fourth-order valence-electron chi connectivity index (χ4n) is 2.78. The molecule has 146 valence electrons. The predicted molar refractivity (Wildman–Crippen MR) is 89.5 cm³/mol. The van der Waals surface area contributed by atoms with Gasteiger partial charge in [-0.2, -0.15) is 13.2 Å². The lowest BCUT2D eigenvalue weighted by Crippen LogP contribution is -2.45. The van der Waals surface area contributed by atoms with Gasteiger partial charge in [-0.05, 0) is 24.1 Å². The van der Waals surface area contributed by atoms with Crippen LogP contribution >= 0.6 is 0 Å². The number of nitrogens with zero attached hydrogens (tertiary/aromatic N) is 1. The van der Waals surface area contributed by atoms with Crippen LogP contribution < -0.4 is 10.1 Å². The van der Waals surface area contributed by atoms with Crippen LogP contribution in [0.1, 0.15) is 12.0 Å². The number of carbonyl (C=O) groups excluding carboxylic acids is 1. The van der Waals surface area contributed by atoms with Crippen LogP contribution in [0.2, 0.25) is 0 Å². The Hall–Kier alpha value is -1.81. The highest BCUT2D eigenvalue weighted by Gasteiger charge is 2.34. The highest BCUT2D eigenvalue weighted by Crippen LogP contribution is 2.21. The molecule has 6 nitrogen and oxygen atoms in total. The lowest BCUT2D eigenvalue weighted by molar-refractivity contribution is -0.139. The van der Waals surface area contributed by atoms with Gasteiger partial charge < -0.3 is 10.1 Å². The standard InChI is InChI=1S/C16H21F3N2O4S/c1-25-14-4-2-12(3-5-14)8-21(13-6-7-26(23,24)10-13)9-15(22)20-11-16(17,18)19/h2-5,13H,6-11H2,1H3,(H,20,22)/t13-/m0/s1. The lowest BCUT2D eigenvalue weighted by atomic mass is 10.1. The molecule has 1 aromatic rings. The average molecular weight is 394 g/mol. The normalized spacial score (nSPS) is 19.5. The summed E-state index contributed by atoms with van der Waals surface area (Å²) in [5, 5.41) is 1.83. The number of ether oxygens (including phenoxy) is 1. The molecule has 1 N–H and O–H groups in total. The first-order valence-electron chi connectivity index (χ1n) is 7.99. The minimum absolute atomic E-state index is 0.0148. The number of hydrogen-bond acceptors (Lipinski definition) is 5. The number of sulfone groups is 1. The van der Waals surface area contributed by atoms with E-state index in [1.807, 2.05) is 5.32 Å². The minimum atomic E-state index is -4.49. The van der Waals surface area contributed by atoms with Gasteiger partial charge in [0.25, 0.3) is 0 Å². The van der Waals surface area contributed by atoms with Gasteiger partial charge in [-0.25, -0.2) is 8.42 Å². The Morgan fingerprint density at radius 1 is 1.31 bits per heavy atom. The zero-order chi connectivity index (χ0) is 19.4. The number of halogens is 3. The fourth-order valence-corrected chi connectivity index (χ4v) is 4.54. The van der Waals surface area contributed by atoms with E-state index in [0.29, 0.717) is 12.2 Å². The van der Waals surface area contributed by atoms with Gasteiger partial charge in [0.2, 0.25) is 5.91 Å². The average Bonchev–Trinajstić information content (AvgIpc) is 2.92. The first-order chi connectivity index (χ1) is 12.1. The molecule has 1 saturated heterocycles. The maximum Gasteiger partial charge on any atom is 0.405 e. The van der Waals surface area contributed by atoms with E-state index in [1.54, 1.807) is 29.2 Å². The van der Waals surface area contributed by atoms with Crippen molar-refractivity contribution in [2.75, 3.05) is 31.7 Å². The molecule has 1 aliphatic rings. The zero-order valence-corrected chi connectivity index (χ0v) is 15.1. The van der Waals surface area contributed by atoms with Gasteiger partial charge in [-0.3, -0.25) is 9.69 Å². The maximum atomic E-state index is 12.3. The van der Waals surface area contributed by atoms with Crippen LogP contribution in [-0.2, 0) is 21.2 Å². The monoisotopic (exact) mass is 394 g/mol. The summed E-state index contributed by atoms with van der Waals surface area (Å²) in [6.45, 7) is -1.46. The van der Waals surface area contributed by atoms with E-state index < -0.39 is 34.5 Å². The first kappa shape index (κ1) is 20.5. The summed E-state index contributed by atoms with van der Waals surface area (Å²) in [4.78, 5) is 13.5. The second-order valence-electron chi connectivity index (χ2n) is 6.20. The number of methoxy groups -OCH3 is 1. The zero-order valence-electron chi connectivity index (χ0n) is 14.3. The third kappa shape index (κ3) is 6.49. The van der Waals surface area contributed by atoms with E-state index in [1.165, 1.54) is 7.11 Å². The molecule has 0 bridgehead atoms. The van der Waals surface area contributed by atoms with Crippen LogP contribution in [-0.4, -0.2) is 63.1 Å². The van der Waals surface area contributed by atoms with Crippen molar-refractivity contribution in [1.82, 2.24) is 10.2 Å². The number of hydrogen-bond donors (Lipinski definition) is 1. The molecule has 1 fully saturated rings. The van der Waals surface area contributed by atoms with Crippen molar-refractivity contribution in [2.24, 2.45) is 0 Å². The van der Waals surface area contributed by atoms with Crippen molar-refractivity contribution in [3.05, 3.63) is 29.8 Å². The van der Waals surface area contributed by atoms with E-state index in [0.717, 1.165) is 5.56 Å². The van der Waals surface area contributed by atoms with E-state index in [4.69, 9.17) is 4.74 Å². The van der Waals surface area contributed by atoms with Crippen molar-refractivity contribution in [2.45, 2.75) is 25.2 Å². The van der Waals surface area contributed by atoms with Gasteiger partial charge in [0.1, 0.15) is 12.3 Å². The third-order valence-electron chi connectivity index (χ3n) is 4.10. The largest absolute Gasteiger partial charge is 0.497 e. The molecule has 0 radical (unpaired) electrons. The molecule has 1 aliphatic heterocycles. The van der Waals surface area contributed by atoms with Gasteiger partial charge >= 0.3 is 6.18 Å². The molecule has 1 atom stereocenters. The fraction of sp³-hybridized carbons (Fsp3) is 0.562. The summed E-state index contributed by atoms with van der Waals surface area (Å²) in [5.74, 6) is -0.233. The molecule has 0 saturated carbocycles. The molecule has 2 rings (SSSR count). The summed E-state index contributed by atoms with van der Waals surface area (Å²) >= 11 is 0. The Labute approximate surface area is 150 Å². The number of rotatable bonds is 7. The number of alkyl halides is 3. The highest BCUT2D eigenvalue weighted by molar-refractivity contribution is 7.91. The van der Waals surface area contributed by atoms with Crippen molar-refractivity contribution in [1.29, 1.82) is 0 Å². The van der Waals surface area contributed by atoms with Crippen molar-refractivity contribution in [3.63, 3.8) is 0 Å². The Bertz CT molecular complexity index is 720. The van der Waals surface area contributed by atoms with Crippen molar-refractivity contribution in [3.8, 4) is 5.75 Å². The van der Waals surface area contributed by atoms with Crippen LogP contribution in [0.4, 0.5) is 13.2 Å². The van der Waals surface area contributed by atoms with E-state index in [9.17, 15) is 26.4 Å². The third-order valence-corrected chi connectivity index (χ3v) is 5.85. The number of nitrogens with one attached hydrogen (secondary N) is 1. The number of carbonyl (C=O) groups is 1. The van der Waals surface area contributed by atoms with Crippen LogP contribution in [0.3, 0.4) is 0 Å². The predicted octanol–water partition coefficient (Wildman–Crippen LogP) is 1.36. The second-order valence-corrected chi connectivity index (χ2v) is 8.43. The molecule has 1 heterocycles. The van der Waals surface area contributed by atoms with E-state index in [-0.39, 0.29) is 24.6 Å². The molecular weight excluding hydrogens is 373 g/mol. The topological polar surface area (TPSA) is 75.7 Å². The molecule has 0 aromatic heterocycles. The summed E-state index contributed by atoms with van der Waals surface area (Å²) in [6.07, 6.45) is -4.14. The van der Waals surface area contributed by atoms with Crippen molar-refractivity contribution < 1.29 is 31.1 Å². The first-order valence-corrected chi connectivity index (χ1v) is 9.81. The summed E-state index contributed by atoms with van der Waals surface area (Å²) in [5.41, 5.74) is 0.804. The van der Waals surface area contributed by atoms with Crippen LogP contribution in [0.15, 0.2) is 24.3 Å².